The molecule has 0 aromatic rings. The van der Waals surface area contributed by atoms with Gasteiger partial charge in [0.2, 0.25) is 17.7 Å². The smallest absolute Gasteiger partial charge is 0.322 e. The predicted molar refractivity (Wildman–Crippen MR) is 73.8 cm³/mol. The molecule has 0 aliphatic rings. The van der Waals surface area contributed by atoms with E-state index in [2.05, 4.69) is 10.6 Å². The van der Waals surface area contributed by atoms with Crippen LogP contribution in [0.1, 0.15) is 26.7 Å². The number of carboxylic acid groups (broad SMARTS) is 1. The molecule has 0 aromatic heterocycles. The van der Waals surface area contributed by atoms with Crippen LogP contribution in [0.4, 0.5) is 0 Å². The molecule has 2 unspecified atom stereocenters. The summed E-state index contributed by atoms with van der Waals surface area (Å²) in [5.41, 5.74) is 10.7. The van der Waals surface area contributed by atoms with Crippen LogP contribution in [-0.4, -0.2) is 47.4 Å². The Hall–Kier alpha value is -2.16. The lowest BCUT2D eigenvalue weighted by molar-refractivity contribution is -0.138. The van der Waals surface area contributed by atoms with E-state index in [1.54, 1.807) is 0 Å². The fourth-order valence-corrected chi connectivity index (χ4v) is 1.59. The number of carboxylic acids is 1. The Morgan fingerprint density at radius 1 is 1.14 bits per heavy atom. The van der Waals surface area contributed by atoms with Crippen LogP contribution in [0.2, 0.25) is 0 Å². The predicted octanol–water partition coefficient (Wildman–Crippen LogP) is -2.08. The van der Waals surface area contributed by atoms with Gasteiger partial charge >= 0.3 is 5.97 Å². The quantitative estimate of drug-likeness (QED) is 0.328. The van der Waals surface area contributed by atoms with Crippen LogP contribution in [-0.2, 0) is 19.2 Å². The highest BCUT2D eigenvalue weighted by molar-refractivity contribution is 5.93. The number of carbonyl (C=O) groups excluding carboxylic acids is 3. The Kier molecular flexibility index (Phi) is 7.99. The van der Waals surface area contributed by atoms with Crippen LogP contribution in [0, 0.1) is 5.92 Å². The summed E-state index contributed by atoms with van der Waals surface area (Å²) in [4.78, 5) is 44.9. The normalized spacial score (nSPS) is 13.3. The topological polar surface area (TPSA) is 165 Å². The molecule has 7 N–H and O–H groups in total. The van der Waals surface area contributed by atoms with Crippen LogP contribution in [0.25, 0.3) is 0 Å². The summed E-state index contributed by atoms with van der Waals surface area (Å²) >= 11 is 0. The van der Waals surface area contributed by atoms with Gasteiger partial charge in [-0.05, 0) is 12.3 Å². The van der Waals surface area contributed by atoms with Crippen molar-refractivity contribution >= 4 is 23.7 Å². The summed E-state index contributed by atoms with van der Waals surface area (Å²) in [5.74, 6) is -3.27. The van der Waals surface area contributed by atoms with Crippen molar-refractivity contribution in [3.8, 4) is 0 Å². The van der Waals surface area contributed by atoms with E-state index in [-0.39, 0.29) is 5.92 Å². The summed E-state index contributed by atoms with van der Waals surface area (Å²) in [7, 11) is 0. The molecule has 21 heavy (non-hydrogen) atoms. The van der Waals surface area contributed by atoms with Crippen molar-refractivity contribution in [1.82, 2.24) is 10.6 Å². The standard InChI is InChI=1S/C12H22N4O5/c1-6(2)3-7(13)11(20)16-8(4-9(14)17)12(21)15-5-10(18)19/h6-8H,3-5,13H2,1-2H3,(H2,14,17)(H,15,21)(H,16,20)(H,18,19). The van der Waals surface area contributed by atoms with Crippen molar-refractivity contribution in [3.63, 3.8) is 0 Å². The molecule has 0 rings (SSSR count). The first kappa shape index (κ1) is 18.8. The van der Waals surface area contributed by atoms with Gasteiger partial charge in [0.05, 0.1) is 12.5 Å². The van der Waals surface area contributed by atoms with Gasteiger partial charge in [0.1, 0.15) is 12.6 Å². The number of hydrogen-bond acceptors (Lipinski definition) is 5. The van der Waals surface area contributed by atoms with Crippen LogP contribution >= 0.6 is 0 Å². The Bertz CT molecular complexity index is 410. The molecule has 2 atom stereocenters. The number of hydrogen-bond donors (Lipinski definition) is 5. The second kappa shape index (κ2) is 8.90. The molecule has 0 aliphatic heterocycles. The van der Waals surface area contributed by atoms with E-state index in [9.17, 15) is 19.2 Å². The molecule has 0 aliphatic carbocycles. The maximum atomic E-state index is 11.8. The second-order valence-electron chi connectivity index (χ2n) is 5.08. The minimum atomic E-state index is -1.25. The molecule has 0 heterocycles. The molecule has 0 saturated heterocycles. The van der Waals surface area contributed by atoms with Crippen molar-refractivity contribution in [2.45, 2.75) is 38.8 Å². The van der Waals surface area contributed by atoms with Gasteiger partial charge in [-0.1, -0.05) is 13.8 Å². The van der Waals surface area contributed by atoms with Gasteiger partial charge in [0.15, 0.2) is 0 Å². The van der Waals surface area contributed by atoms with Gasteiger partial charge < -0.3 is 27.2 Å². The molecule has 0 radical (unpaired) electrons. The summed E-state index contributed by atoms with van der Waals surface area (Å²) < 4.78 is 0. The third kappa shape index (κ3) is 8.58. The molecule has 3 amide bonds. The summed E-state index contributed by atoms with van der Waals surface area (Å²) in [6, 6.07) is -2.07. The number of primary amides is 1. The fourth-order valence-electron chi connectivity index (χ4n) is 1.59. The molecule has 9 nitrogen and oxygen atoms in total. The molecule has 0 spiro atoms. The zero-order chi connectivity index (χ0) is 16.6. The first-order valence-corrected chi connectivity index (χ1v) is 6.47. The van der Waals surface area contributed by atoms with Crippen molar-refractivity contribution in [1.29, 1.82) is 0 Å². The minimum Gasteiger partial charge on any atom is -0.480 e. The van der Waals surface area contributed by atoms with Gasteiger partial charge in [-0.2, -0.15) is 0 Å². The van der Waals surface area contributed by atoms with E-state index >= 15 is 0 Å². The Balaban J connectivity index is 4.68. The minimum absolute atomic E-state index is 0.182. The molecule has 0 aromatic carbocycles. The first-order chi connectivity index (χ1) is 9.63. The van der Waals surface area contributed by atoms with E-state index < -0.39 is 48.7 Å². The molecule has 9 heteroatoms. The van der Waals surface area contributed by atoms with Crippen molar-refractivity contribution in [3.05, 3.63) is 0 Å². The van der Waals surface area contributed by atoms with Crippen LogP contribution in [0.15, 0.2) is 0 Å². The number of carbonyl (C=O) groups is 4. The second-order valence-corrected chi connectivity index (χ2v) is 5.08. The average Bonchev–Trinajstić information content (AvgIpc) is 2.33. The number of nitrogens with two attached hydrogens (primary N) is 2. The lowest BCUT2D eigenvalue weighted by atomic mass is 10.0. The summed E-state index contributed by atoms with van der Waals surface area (Å²) in [6.07, 6.45) is -0.0303. The number of aliphatic carboxylic acids is 1. The number of amides is 3. The first-order valence-electron chi connectivity index (χ1n) is 6.47. The van der Waals surface area contributed by atoms with Gasteiger partial charge in [0.25, 0.3) is 0 Å². The molecule has 0 bridgehead atoms. The summed E-state index contributed by atoms with van der Waals surface area (Å²) in [5, 5.41) is 12.9. The largest absolute Gasteiger partial charge is 0.480 e. The van der Waals surface area contributed by atoms with E-state index in [4.69, 9.17) is 16.6 Å². The molecular formula is C12H22N4O5. The third-order valence-electron chi connectivity index (χ3n) is 2.51. The maximum Gasteiger partial charge on any atom is 0.322 e. The van der Waals surface area contributed by atoms with Crippen LogP contribution in [0.5, 0.6) is 0 Å². The van der Waals surface area contributed by atoms with Crippen LogP contribution < -0.4 is 22.1 Å². The van der Waals surface area contributed by atoms with E-state index in [0.717, 1.165) is 0 Å². The highest BCUT2D eigenvalue weighted by Gasteiger charge is 2.25. The molecular weight excluding hydrogens is 280 g/mol. The van der Waals surface area contributed by atoms with E-state index in [1.165, 1.54) is 0 Å². The van der Waals surface area contributed by atoms with E-state index in [1.807, 2.05) is 13.8 Å². The molecule has 0 saturated carbocycles. The Labute approximate surface area is 122 Å². The number of nitrogens with one attached hydrogen (secondary N) is 2. The zero-order valence-electron chi connectivity index (χ0n) is 12.1. The number of rotatable bonds is 9. The highest BCUT2D eigenvalue weighted by Crippen LogP contribution is 2.03. The van der Waals surface area contributed by atoms with Gasteiger partial charge in [-0.25, -0.2) is 0 Å². The monoisotopic (exact) mass is 302 g/mol. The maximum absolute atomic E-state index is 11.8. The molecule has 120 valence electrons. The zero-order valence-corrected chi connectivity index (χ0v) is 12.1. The Morgan fingerprint density at radius 2 is 1.71 bits per heavy atom. The molecule has 0 fully saturated rings. The average molecular weight is 302 g/mol. The lowest BCUT2D eigenvalue weighted by Crippen LogP contribution is -2.53. The van der Waals surface area contributed by atoms with Crippen molar-refractivity contribution < 1.29 is 24.3 Å². The summed E-state index contributed by atoms with van der Waals surface area (Å²) in [6.45, 7) is 3.14. The third-order valence-corrected chi connectivity index (χ3v) is 2.51. The van der Waals surface area contributed by atoms with Gasteiger partial charge in [0, 0.05) is 0 Å². The highest BCUT2D eigenvalue weighted by atomic mass is 16.4. The van der Waals surface area contributed by atoms with Crippen molar-refractivity contribution in [2.24, 2.45) is 17.4 Å². The SMILES string of the molecule is CC(C)CC(N)C(=O)NC(CC(N)=O)C(=O)NCC(=O)O. The van der Waals surface area contributed by atoms with Crippen LogP contribution in [0.3, 0.4) is 0 Å². The van der Waals surface area contributed by atoms with E-state index in [0.29, 0.717) is 6.42 Å². The lowest BCUT2D eigenvalue weighted by Gasteiger charge is -2.20. The van der Waals surface area contributed by atoms with Crippen molar-refractivity contribution in [2.75, 3.05) is 6.54 Å². The fraction of sp³-hybridized carbons (Fsp3) is 0.667. The Morgan fingerprint density at radius 3 is 2.14 bits per heavy atom. The van der Waals surface area contributed by atoms with Gasteiger partial charge in [-0.15, -0.1) is 0 Å². The van der Waals surface area contributed by atoms with Gasteiger partial charge in [-0.3, -0.25) is 19.2 Å².